The minimum Gasteiger partial charge on any atom is -0.328 e. The van der Waals surface area contributed by atoms with Crippen molar-refractivity contribution >= 4 is 23.4 Å². The number of imidazole rings is 1. The highest BCUT2D eigenvalue weighted by molar-refractivity contribution is 7.71. The molecular weight excluding hydrogens is 244 g/mol. The van der Waals surface area contributed by atoms with E-state index >= 15 is 0 Å². The Morgan fingerprint density at radius 3 is 2.56 bits per heavy atom. The van der Waals surface area contributed by atoms with Gasteiger partial charge in [0, 0.05) is 13.1 Å². The van der Waals surface area contributed by atoms with Crippen LogP contribution in [0.15, 0.2) is 0 Å². The summed E-state index contributed by atoms with van der Waals surface area (Å²) in [5.41, 5.74) is 3.31. The maximum Gasteiger partial charge on any atom is 0.179 e. The summed E-state index contributed by atoms with van der Waals surface area (Å²) in [6, 6.07) is 0.395. The SMILES string of the molecule is CCc1nn(C)c2c1[nH]c(=S)n2C(C)CC(C)C. The lowest BCUT2D eigenvalue weighted by molar-refractivity contribution is 0.427. The molecule has 2 rings (SSSR count). The van der Waals surface area contributed by atoms with Crippen LogP contribution in [0.1, 0.15) is 45.9 Å². The van der Waals surface area contributed by atoms with Crippen molar-refractivity contribution in [2.75, 3.05) is 0 Å². The van der Waals surface area contributed by atoms with Gasteiger partial charge in [0.1, 0.15) is 5.52 Å². The number of nitrogens with zero attached hydrogens (tertiary/aromatic N) is 3. The van der Waals surface area contributed by atoms with Crippen molar-refractivity contribution in [3.8, 4) is 0 Å². The topological polar surface area (TPSA) is 38.5 Å². The number of fused-ring (bicyclic) bond motifs is 1. The molecule has 100 valence electrons. The van der Waals surface area contributed by atoms with E-state index in [0.717, 1.165) is 34.5 Å². The number of rotatable bonds is 4. The molecule has 0 fully saturated rings. The van der Waals surface area contributed by atoms with Crippen LogP contribution in [-0.4, -0.2) is 19.3 Å². The van der Waals surface area contributed by atoms with Gasteiger partial charge in [-0.25, -0.2) is 0 Å². The molecule has 0 aromatic carbocycles. The second-order valence-electron chi connectivity index (χ2n) is 5.40. The van der Waals surface area contributed by atoms with Gasteiger partial charge in [0.25, 0.3) is 0 Å². The first-order chi connectivity index (χ1) is 8.45. The summed E-state index contributed by atoms with van der Waals surface area (Å²) < 4.78 is 4.95. The Kier molecular flexibility index (Phi) is 3.61. The zero-order valence-corrected chi connectivity index (χ0v) is 12.6. The molecule has 1 atom stereocenters. The summed E-state index contributed by atoms with van der Waals surface area (Å²) in [4.78, 5) is 3.32. The Balaban J connectivity index is 2.60. The van der Waals surface area contributed by atoms with Crippen LogP contribution in [0.5, 0.6) is 0 Å². The van der Waals surface area contributed by atoms with E-state index in [0.29, 0.717) is 12.0 Å². The molecule has 4 nitrogen and oxygen atoms in total. The van der Waals surface area contributed by atoms with Crippen LogP contribution < -0.4 is 0 Å². The van der Waals surface area contributed by atoms with Gasteiger partial charge >= 0.3 is 0 Å². The molecule has 0 amide bonds. The first-order valence-electron chi connectivity index (χ1n) is 6.61. The number of aromatic nitrogens is 4. The fraction of sp³-hybridized carbons (Fsp3) is 0.692. The molecule has 0 saturated heterocycles. The Hall–Kier alpha value is -1.10. The molecule has 2 aromatic rings. The number of hydrogen-bond acceptors (Lipinski definition) is 2. The number of H-pyrrole nitrogens is 1. The van der Waals surface area contributed by atoms with Crippen LogP contribution in [0.4, 0.5) is 0 Å². The predicted octanol–water partition coefficient (Wildman–Crippen LogP) is 3.60. The van der Waals surface area contributed by atoms with E-state index in [9.17, 15) is 0 Å². The minimum atomic E-state index is 0.395. The molecule has 0 spiro atoms. The maximum absolute atomic E-state index is 5.47. The summed E-state index contributed by atoms with van der Waals surface area (Å²) in [5, 5.41) is 4.55. The molecule has 0 saturated carbocycles. The first-order valence-corrected chi connectivity index (χ1v) is 7.02. The van der Waals surface area contributed by atoms with Crippen molar-refractivity contribution in [2.24, 2.45) is 13.0 Å². The third-order valence-electron chi connectivity index (χ3n) is 3.36. The zero-order chi connectivity index (χ0) is 13.4. The van der Waals surface area contributed by atoms with Crippen molar-refractivity contribution in [3.63, 3.8) is 0 Å². The first kappa shape index (κ1) is 13.3. The lowest BCUT2D eigenvalue weighted by Crippen LogP contribution is -2.10. The lowest BCUT2D eigenvalue weighted by Gasteiger charge is -2.16. The van der Waals surface area contributed by atoms with E-state index < -0.39 is 0 Å². The van der Waals surface area contributed by atoms with Crippen molar-refractivity contribution < 1.29 is 0 Å². The number of aromatic amines is 1. The highest BCUT2D eigenvalue weighted by Crippen LogP contribution is 2.25. The molecule has 0 bridgehead atoms. The fourth-order valence-electron chi connectivity index (χ4n) is 2.68. The van der Waals surface area contributed by atoms with Crippen molar-refractivity contribution in [1.82, 2.24) is 19.3 Å². The molecule has 5 heteroatoms. The Labute approximate surface area is 113 Å². The van der Waals surface area contributed by atoms with E-state index in [1.807, 2.05) is 11.7 Å². The average molecular weight is 266 g/mol. The molecule has 1 unspecified atom stereocenters. The summed E-state index contributed by atoms with van der Waals surface area (Å²) in [6.45, 7) is 8.82. The molecule has 0 aliphatic heterocycles. The standard InChI is InChI=1S/C13H22N4S/c1-6-10-11-12(16(5)15-10)17(13(18)14-11)9(4)7-8(2)3/h8-9H,6-7H2,1-5H3,(H,14,18). The van der Waals surface area contributed by atoms with Gasteiger partial charge in [0.2, 0.25) is 0 Å². The van der Waals surface area contributed by atoms with Crippen LogP contribution in [0, 0.1) is 10.7 Å². The molecule has 18 heavy (non-hydrogen) atoms. The number of hydrogen-bond donors (Lipinski definition) is 1. The highest BCUT2D eigenvalue weighted by atomic mass is 32.1. The summed E-state index contributed by atoms with van der Waals surface area (Å²) in [7, 11) is 1.99. The van der Waals surface area contributed by atoms with Crippen molar-refractivity contribution in [3.05, 3.63) is 10.5 Å². The van der Waals surface area contributed by atoms with Crippen LogP contribution in [0.3, 0.4) is 0 Å². The third kappa shape index (κ3) is 2.11. The Morgan fingerprint density at radius 2 is 2.00 bits per heavy atom. The van der Waals surface area contributed by atoms with Crippen LogP contribution >= 0.6 is 12.2 Å². The van der Waals surface area contributed by atoms with Crippen LogP contribution in [0.25, 0.3) is 11.2 Å². The van der Waals surface area contributed by atoms with E-state index in [1.165, 1.54) is 0 Å². The van der Waals surface area contributed by atoms with Gasteiger partial charge in [-0.3, -0.25) is 9.25 Å². The van der Waals surface area contributed by atoms with Crippen LogP contribution in [0.2, 0.25) is 0 Å². The van der Waals surface area contributed by atoms with Gasteiger partial charge < -0.3 is 4.98 Å². The van der Waals surface area contributed by atoms with Gasteiger partial charge in [-0.05, 0) is 37.9 Å². The fourth-order valence-corrected chi connectivity index (χ4v) is 3.05. The van der Waals surface area contributed by atoms with Gasteiger partial charge in [-0.15, -0.1) is 0 Å². The smallest absolute Gasteiger partial charge is 0.179 e. The Morgan fingerprint density at radius 1 is 1.33 bits per heavy atom. The van der Waals surface area contributed by atoms with Gasteiger partial charge in [0.05, 0.1) is 5.69 Å². The molecular formula is C13H22N4S. The highest BCUT2D eigenvalue weighted by Gasteiger charge is 2.18. The second kappa shape index (κ2) is 4.88. The normalized spacial score (nSPS) is 13.7. The molecule has 2 heterocycles. The largest absolute Gasteiger partial charge is 0.328 e. The van der Waals surface area contributed by atoms with E-state index in [-0.39, 0.29) is 0 Å². The van der Waals surface area contributed by atoms with Crippen molar-refractivity contribution in [2.45, 2.75) is 46.6 Å². The molecule has 0 aliphatic rings. The monoisotopic (exact) mass is 266 g/mol. The summed E-state index contributed by atoms with van der Waals surface area (Å²) in [6.07, 6.45) is 2.04. The van der Waals surface area contributed by atoms with E-state index in [2.05, 4.69) is 42.3 Å². The summed E-state index contributed by atoms with van der Waals surface area (Å²) >= 11 is 5.47. The lowest BCUT2D eigenvalue weighted by atomic mass is 10.1. The molecule has 0 radical (unpaired) electrons. The molecule has 0 aliphatic carbocycles. The molecule has 1 N–H and O–H groups in total. The predicted molar refractivity (Wildman–Crippen MR) is 77.4 cm³/mol. The van der Waals surface area contributed by atoms with Gasteiger partial charge in [-0.2, -0.15) is 5.10 Å². The van der Waals surface area contributed by atoms with Gasteiger partial charge in [0.15, 0.2) is 10.4 Å². The average Bonchev–Trinajstić information content (AvgIpc) is 2.75. The number of nitrogens with one attached hydrogen (secondary N) is 1. The maximum atomic E-state index is 5.47. The third-order valence-corrected chi connectivity index (χ3v) is 3.66. The number of aryl methyl sites for hydroxylation is 2. The quantitative estimate of drug-likeness (QED) is 0.859. The molecule has 2 aromatic heterocycles. The minimum absolute atomic E-state index is 0.395. The van der Waals surface area contributed by atoms with Crippen LogP contribution in [-0.2, 0) is 13.5 Å². The Bertz CT molecular complexity index is 602. The van der Waals surface area contributed by atoms with Gasteiger partial charge in [-0.1, -0.05) is 20.8 Å². The van der Waals surface area contributed by atoms with Crippen molar-refractivity contribution in [1.29, 1.82) is 0 Å². The second-order valence-corrected chi connectivity index (χ2v) is 5.79. The van der Waals surface area contributed by atoms with E-state index in [4.69, 9.17) is 12.2 Å². The summed E-state index contributed by atoms with van der Waals surface area (Å²) in [5.74, 6) is 0.658. The zero-order valence-electron chi connectivity index (χ0n) is 11.8. The van der Waals surface area contributed by atoms with E-state index in [1.54, 1.807) is 0 Å².